The van der Waals surface area contributed by atoms with Gasteiger partial charge in [0.05, 0.1) is 6.20 Å². The molecule has 0 amide bonds. The maximum absolute atomic E-state index is 13.1. The van der Waals surface area contributed by atoms with Crippen LogP contribution >= 0.6 is 0 Å². The third-order valence-corrected chi connectivity index (χ3v) is 1.79. The molecule has 0 saturated heterocycles. The number of carbonyl (C=O) groups excluding carboxylic acids is 1. The number of aldehydes is 1. The maximum Gasteiger partial charge on any atom is 0.354 e. The van der Waals surface area contributed by atoms with E-state index in [1.165, 1.54) is 0 Å². The second-order valence-corrected chi connectivity index (χ2v) is 2.72. The summed E-state index contributed by atoms with van der Waals surface area (Å²) in [5, 5.41) is 12.3. The zero-order valence-electron chi connectivity index (χ0n) is 7.22. The molecule has 2 heterocycles. The summed E-state index contributed by atoms with van der Waals surface area (Å²) in [7, 11) is 0. The number of carbonyl (C=O) groups is 2. The molecule has 0 aliphatic carbocycles. The number of hydrogen-bond acceptors (Lipinski definition) is 4. The Morgan fingerprint density at radius 2 is 2.33 bits per heavy atom. The number of carboxylic acid groups (broad SMARTS) is 1. The fraction of sp³-hybridized carbons (Fsp3) is 0. The number of aromatic nitrogens is 3. The van der Waals surface area contributed by atoms with E-state index >= 15 is 0 Å². The molecule has 0 radical (unpaired) electrons. The molecule has 0 aromatic carbocycles. The fourth-order valence-electron chi connectivity index (χ4n) is 1.17. The lowest BCUT2D eigenvalue weighted by atomic mass is 10.3. The molecule has 0 unspecified atom stereocenters. The van der Waals surface area contributed by atoms with Crippen molar-refractivity contribution in [3.8, 4) is 0 Å². The van der Waals surface area contributed by atoms with Gasteiger partial charge in [-0.2, -0.15) is 5.10 Å². The Balaban J connectivity index is 2.88. The summed E-state index contributed by atoms with van der Waals surface area (Å²) in [5.41, 5.74) is -0.748. The second kappa shape index (κ2) is 3.12. The topological polar surface area (TPSA) is 84.6 Å². The predicted octanol–water partition coefficient (Wildman–Crippen LogP) is 0.379. The van der Waals surface area contributed by atoms with Crippen LogP contribution in [0, 0.1) is 5.82 Å². The lowest BCUT2D eigenvalue weighted by molar-refractivity contribution is 0.0687. The van der Waals surface area contributed by atoms with Gasteiger partial charge in [-0.25, -0.2) is 18.7 Å². The average molecular weight is 209 g/mol. The summed E-state index contributed by atoms with van der Waals surface area (Å²) in [6.45, 7) is 0. The van der Waals surface area contributed by atoms with Crippen molar-refractivity contribution in [2.45, 2.75) is 0 Å². The summed E-state index contributed by atoms with van der Waals surface area (Å²) in [6, 6.07) is 1.02. The highest BCUT2D eigenvalue weighted by molar-refractivity contribution is 5.88. The van der Waals surface area contributed by atoms with Crippen molar-refractivity contribution < 1.29 is 19.1 Å². The highest BCUT2D eigenvalue weighted by atomic mass is 19.1. The van der Waals surface area contributed by atoms with Crippen LogP contribution in [0.1, 0.15) is 21.0 Å². The molecule has 2 aromatic rings. The SMILES string of the molecule is O=Cc1cc(C(=O)O)n2ncc(F)c2n1. The summed E-state index contributed by atoms with van der Waals surface area (Å²) < 4.78 is 13.9. The van der Waals surface area contributed by atoms with Gasteiger partial charge in [0.1, 0.15) is 5.69 Å². The monoisotopic (exact) mass is 209 g/mol. The number of hydrogen-bond donors (Lipinski definition) is 1. The van der Waals surface area contributed by atoms with Crippen LogP contribution in [-0.4, -0.2) is 32.0 Å². The zero-order chi connectivity index (χ0) is 11.0. The van der Waals surface area contributed by atoms with Crippen molar-refractivity contribution in [3.63, 3.8) is 0 Å². The highest BCUT2D eigenvalue weighted by Crippen LogP contribution is 2.10. The first-order valence-electron chi connectivity index (χ1n) is 3.86. The van der Waals surface area contributed by atoms with Gasteiger partial charge in [0.2, 0.25) is 0 Å². The molecular formula is C8H4FN3O3. The minimum absolute atomic E-state index is 0.153. The van der Waals surface area contributed by atoms with Gasteiger partial charge in [0, 0.05) is 6.07 Å². The Kier molecular flexibility index (Phi) is 1.93. The van der Waals surface area contributed by atoms with E-state index in [1.54, 1.807) is 0 Å². The Labute approximate surface area is 82.0 Å². The molecule has 0 atom stereocenters. The van der Waals surface area contributed by atoms with Crippen molar-refractivity contribution in [1.29, 1.82) is 0 Å². The van der Waals surface area contributed by atoms with Gasteiger partial charge in [-0.05, 0) is 0 Å². The van der Waals surface area contributed by atoms with Crippen molar-refractivity contribution in [2.75, 3.05) is 0 Å². The molecule has 7 heteroatoms. The van der Waals surface area contributed by atoms with E-state index in [-0.39, 0.29) is 17.0 Å². The summed E-state index contributed by atoms with van der Waals surface area (Å²) in [4.78, 5) is 24.8. The number of aromatic carboxylic acids is 1. The first-order valence-corrected chi connectivity index (χ1v) is 3.86. The van der Waals surface area contributed by atoms with E-state index < -0.39 is 11.8 Å². The van der Waals surface area contributed by atoms with E-state index in [0.29, 0.717) is 6.29 Å². The van der Waals surface area contributed by atoms with Crippen LogP contribution in [0.3, 0.4) is 0 Å². The largest absolute Gasteiger partial charge is 0.477 e. The van der Waals surface area contributed by atoms with Crippen LogP contribution in [-0.2, 0) is 0 Å². The summed E-state index contributed by atoms with van der Waals surface area (Å²) in [6.07, 6.45) is 1.18. The van der Waals surface area contributed by atoms with E-state index in [9.17, 15) is 14.0 Å². The zero-order valence-corrected chi connectivity index (χ0v) is 7.22. The third-order valence-electron chi connectivity index (χ3n) is 1.79. The molecular weight excluding hydrogens is 205 g/mol. The van der Waals surface area contributed by atoms with Crippen molar-refractivity contribution >= 4 is 17.9 Å². The highest BCUT2D eigenvalue weighted by Gasteiger charge is 2.15. The van der Waals surface area contributed by atoms with Crippen molar-refractivity contribution in [2.24, 2.45) is 0 Å². The quantitative estimate of drug-likeness (QED) is 0.722. The first kappa shape index (κ1) is 9.25. The van der Waals surface area contributed by atoms with E-state index in [0.717, 1.165) is 16.8 Å². The fourth-order valence-corrected chi connectivity index (χ4v) is 1.17. The lowest BCUT2D eigenvalue weighted by Crippen LogP contribution is -2.09. The predicted molar refractivity (Wildman–Crippen MR) is 45.3 cm³/mol. The first-order chi connectivity index (χ1) is 7.13. The average Bonchev–Trinajstić information content (AvgIpc) is 2.59. The Morgan fingerprint density at radius 1 is 1.60 bits per heavy atom. The molecule has 15 heavy (non-hydrogen) atoms. The van der Waals surface area contributed by atoms with Crippen LogP contribution in [0.25, 0.3) is 5.65 Å². The van der Waals surface area contributed by atoms with Gasteiger partial charge in [-0.1, -0.05) is 0 Å². The summed E-state index contributed by atoms with van der Waals surface area (Å²) >= 11 is 0. The van der Waals surface area contributed by atoms with E-state index in [2.05, 4.69) is 10.1 Å². The number of rotatable bonds is 2. The molecule has 0 bridgehead atoms. The van der Waals surface area contributed by atoms with Gasteiger partial charge in [-0.15, -0.1) is 0 Å². The Hall–Kier alpha value is -2.31. The van der Waals surface area contributed by atoms with Crippen molar-refractivity contribution in [1.82, 2.24) is 14.6 Å². The van der Waals surface area contributed by atoms with Crippen LogP contribution in [0.15, 0.2) is 12.3 Å². The van der Waals surface area contributed by atoms with Gasteiger partial charge in [-0.3, -0.25) is 4.79 Å². The number of halogens is 1. The Bertz CT molecular complexity index is 564. The van der Waals surface area contributed by atoms with E-state index in [1.807, 2.05) is 0 Å². The summed E-state index contributed by atoms with van der Waals surface area (Å²) in [5.74, 6) is -2.09. The molecule has 76 valence electrons. The molecule has 0 saturated carbocycles. The number of nitrogens with zero attached hydrogens (tertiary/aromatic N) is 3. The normalized spacial score (nSPS) is 10.5. The van der Waals surface area contributed by atoms with Gasteiger partial charge >= 0.3 is 5.97 Å². The molecule has 0 spiro atoms. The molecule has 1 N–H and O–H groups in total. The van der Waals surface area contributed by atoms with Crippen molar-refractivity contribution in [3.05, 3.63) is 29.5 Å². The molecule has 0 aliphatic heterocycles. The van der Waals surface area contributed by atoms with E-state index in [4.69, 9.17) is 5.11 Å². The third kappa shape index (κ3) is 1.33. The molecule has 0 aliphatic rings. The standard InChI is InChI=1S/C8H4FN3O3/c9-5-2-10-12-6(8(14)15)1-4(3-13)11-7(5)12/h1-3H,(H,14,15). The van der Waals surface area contributed by atoms with Crippen LogP contribution < -0.4 is 0 Å². The van der Waals surface area contributed by atoms with Crippen LogP contribution in [0.2, 0.25) is 0 Å². The number of fused-ring (bicyclic) bond motifs is 1. The smallest absolute Gasteiger partial charge is 0.354 e. The Morgan fingerprint density at radius 3 is 2.93 bits per heavy atom. The minimum Gasteiger partial charge on any atom is -0.477 e. The molecule has 0 fully saturated rings. The van der Waals surface area contributed by atoms with Gasteiger partial charge in [0.15, 0.2) is 23.4 Å². The number of carboxylic acids is 1. The van der Waals surface area contributed by atoms with Gasteiger partial charge in [0.25, 0.3) is 0 Å². The van der Waals surface area contributed by atoms with Crippen LogP contribution in [0.5, 0.6) is 0 Å². The molecule has 2 aromatic heterocycles. The molecule has 6 nitrogen and oxygen atoms in total. The van der Waals surface area contributed by atoms with Crippen LogP contribution in [0.4, 0.5) is 4.39 Å². The lowest BCUT2D eigenvalue weighted by Gasteiger charge is -1.99. The second-order valence-electron chi connectivity index (χ2n) is 2.72. The maximum atomic E-state index is 13.1. The minimum atomic E-state index is -1.31. The molecule has 2 rings (SSSR count). The van der Waals surface area contributed by atoms with Gasteiger partial charge < -0.3 is 5.11 Å².